The molecular weight excluding hydrogens is 152 g/mol. The molecule has 0 rings (SSSR count). The lowest BCUT2D eigenvalue weighted by Gasteiger charge is -1.92. The van der Waals surface area contributed by atoms with Crippen LogP contribution in [0.2, 0.25) is 0 Å². The first-order valence-electron chi connectivity index (χ1n) is 2.84. The van der Waals surface area contributed by atoms with Crippen molar-refractivity contribution in [2.24, 2.45) is 0 Å². The topological polar surface area (TPSA) is 57.5 Å². The molecule has 0 fully saturated rings. The zero-order chi connectivity index (χ0) is 8.15. The van der Waals surface area contributed by atoms with Gasteiger partial charge in [-0.2, -0.15) is 0 Å². The minimum Gasteiger partial charge on any atom is -0.321 e. The fourth-order valence-electron chi connectivity index (χ4n) is 0.398. The summed E-state index contributed by atoms with van der Waals surface area (Å²) < 4.78 is 0. The van der Waals surface area contributed by atoms with Crippen molar-refractivity contribution >= 4 is 23.1 Å². The number of rotatable bonds is 3. The number of hydrogen-bond acceptors (Lipinski definition) is 2. The molecule has 3 N–H and O–H groups in total. The Morgan fingerprint density at radius 1 is 1.70 bits per heavy atom. The molecule has 56 valence electrons. The standard InChI is InChI=1S/C6H9ClN2O/c1-4(10)6(8)5(7)3-9-2/h3,8-9H,1-2H3/p+1. The second-order valence-corrected chi connectivity index (χ2v) is 2.19. The molecule has 4 heteroatoms. The summed E-state index contributed by atoms with van der Waals surface area (Å²) in [6.07, 6.45) is 1.52. The predicted octanol–water partition coefficient (Wildman–Crippen LogP) is -0.131. The maximum atomic E-state index is 10.5. The first kappa shape index (κ1) is 9.33. The Morgan fingerprint density at radius 3 is 2.50 bits per heavy atom. The Hall–Kier alpha value is -0.670. The number of carbonyl (C=O) groups is 1. The SMILES string of the molecule is C[NH2+]C=C(Cl)C(=N)C(C)=O. The first-order chi connectivity index (χ1) is 4.59. The van der Waals surface area contributed by atoms with Gasteiger partial charge in [0.2, 0.25) is 0 Å². The first-order valence-corrected chi connectivity index (χ1v) is 3.22. The van der Waals surface area contributed by atoms with Crippen molar-refractivity contribution in [2.75, 3.05) is 7.05 Å². The van der Waals surface area contributed by atoms with Crippen LogP contribution in [0, 0.1) is 5.41 Å². The molecule has 0 saturated heterocycles. The molecule has 0 aromatic heterocycles. The number of nitrogens with two attached hydrogens (primary N) is 1. The molecule has 0 aliphatic rings. The van der Waals surface area contributed by atoms with Crippen LogP contribution in [0.3, 0.4) is 0 Å². The van der Waals surface area contributed by atoms with Crippen molar-refractivity contribution in [1.82, 2.24) is 0 Å². The molecule has 0 aromatic carbocycles. The van der Waals surface area contributed by atoms with E-state index in [1.54, 1.807) is 12.4 Å². The highest BCUT2D eigenvalue weighted by Crippen LogP contribution is 2.00. The Bertz CT molecular complexity index is 186. The lowest BCUT2D eigenvalue weighted by Crippen LogP contribution is -2.73. The molecule has 3 nitrogen and oxygen atoms in total. The van der Waals surface area contributed by atoms with Crippen LogP contribution >= 0.6 is 11.6 Å². The average molecular weight is 162 g/mol. The average Bonchev–Trinajstić information content (AvgIpc) is 1.87. The zero-order valence-electron chi connectivity index (χ0n) is 5.94. The zero-order valence-corrected chi connectivity index (χ0v) is 6.70. The van der Waals surface area contributed by atoms with E-state index in [0.717, 1.165) is 0 Å². The van der Waals surface area contributed by atoms with Crippen molar-refractivity contribution in [1.29, 1.82) is 5.41 Å². The van der Waals surface area contributed by atoms with Crippen LogP contribution in [0.15, 0.2) is 11.2 Å². The Balaban J connectivity index is 4.22. The van der Waals surface area contributed by atoms with E-state index in [9.17, 15) is 4.79 Å². The number of quaternary nitrogens is 1. The summed E-state index contributed by atoms with van der Waals surface area (Å²) in [7, 11) is 1.77. The predicted molar refractivity (Wildman–Crippen MR) is 40.2 cm³/mol. The Kier molecular flexibility index (Phi) is 3.91. The van der Waals surface area contributed by atoms with E-state index >= 15 is 0 Å². The highest BCUT2D eigenvalue weighted by molar-refractivity contribution is 6.58. The molecule has 0 radical (unpaired) electrons. The third kappa shape index (κ3) is 2.75. The molecule has 0 unspecified atom stereocenters. The Labute approximate surface area is 64.6 Å². The van der Waals surface area contributed by atoms with Crippen LogP contribution in [-0.2, 0) is 4.79 Å². The maximum absolute atomic E-state index is 10.5. The van der Waals surface area contributed by atoms with Gasteiger partial charge in [-0.3, -0.25) is 10.2 Å². The van der Waals surface area contributed by atoms with Crippen molar-refractivity contribution in [2.45, 2.75) is 6.92 Å². The third-order valence-corrected chi connectivity index (χ3v) is 1.22. The second-order valence-electron chi connectivity index (χ2n) is 1.78. The highest BCUT2D eigenvalue weighted by Gasteiger charge is 2.07. The van der Waals surface area contributed by atoms with Crippen LogP contribution in [0.1, 0.15) is 6.92 Å². The normalized spacial score (nSPS) is 11.3. The van der Waals surface area contributed by atoms with Crippen LogP contribution in [-0.4, -0.2) is 18.5 Å². The summed E-state index contributed by atoms with van der Waals surface area (Å²) in [6.45, 7) is 1.31. The third-order valence-electron chi connectivity index (χ3n) is 0.904. The summed E-state index contributed by atoms with van der Waals surface area (Å²) in [5.41, 5.74) is -0.139. The van der Waals surface area contributed by atoms with Gasteiger partial charge in [0.15, 0.2) is 5.78 Å². The maximum Gasteiger partial charge on any atom is 0.179 e. The van der Waals surface area contributed by atoms with Gasteiger partial charge in [-0.15, -0.1) is 0 Å². The number of carbonyl (C=O) groups excluding carboxylic acids is 1. The molecule has 0 saturated carbocycles. The molecular formula is C6H10ClN2O+. The summed E-state index contributed by atoms with van der Waals surface area (Å²) >= 11 is 5.51. The number of nitrogens with one attached hydrogen (secondary N) is 1. The van der Waals surface area contributed by atoms with E-state index in [1.807, 2.05) is 0 Å². The molecule has 0 aliphatic carbocycles. The molecule has 0 heterocycles. The van der Waals surface area contributed by atoms with Gasteiger partial charge in [0.25, 0.3) is 0 Å². The number of allylic oxidation sites excluding steroid dienone is 1. The van der Waals surface area contributed by atoms with Crippen molar-refractivity contribution in [3.8, 4) is 0 Å². The van der Waals surface area contributed by atoms with Gasteiger partial charge in [-0.1, -0.05) is 11.6 Å². The number of hydrogen-bond donors (Lipinski definition) is 2. The monoisotopic (exact) mass is 161 g/mol. The number of ketones is 1. The lowest BCUT2D eigenvalue weighted by atomic mass is 10.2. The van der Waals surface area contributed by atoms with E-state index in [-0.39, 0.29) is 16.5 Å². The largest absolute Gasteiger partial charge is 0.321 e. The molecule has 0 atom stereocenters. The van der Waals surface area contributed by atoms with Crippen LogP contribution in [0.5, 0.6) is 0 Å². The molecule has 0 aromatic rings. The van der Waals surface area contributed by atoms with Crippen molar-refractivity contribution in [3.63, 3.8) is 0 Å². The van der Waals surface area contributed by atoms with E-state index in [0.29, 0.717) is 0 Å². The van der Waals surface area contributed by atoms with Crippen LogP contribution in [0.4, 0.5) is 0 Å². The summed E-state index contributed by atoms with van der Waals surface area (Å²) in [5, 5.41) is 8.95. The van der Waals surface area contributed by atoms with Crippen LogP contribution in [0.25, 0.3) is 0 Å². The molecule has 0 spiro atoms. The lowest BCUT2D eigenvalue weighted by molar-refractivity contribution is -0.556. The smallest absolute Gasteiger partial charge is 0.179 e. The second kappa shape index (κ2) is 4.19. The van der Waals surface area contributed by atoms with E-state index < -0.39 is 0 Å². The van der Waals surface area contributed by atoms with Gasteiger partial charge in [0.1, 0.15) is 16.9 Å². The van der Waals surface area contributed by atoms with Gasteiger partial charge in [0, 0.05) is 6.92 Å². The molecule has 0 amide bonds. The van der Waals surface area contributed by atoms with Crippen molar-refractivity contribution in [3.05, 3.63) is 11.2 Å². The molecule has 0 aliphatic heterocycles. The quantitative estimate of drug-likeness (QED) is 0.557. The van der Waals surface area contributed by atoms with Crippen molar-refractivity contribution < 1.29 is 10.1 Å². The fourth-order valence-corrected chi connectivity index (χ4v) is 0.657. The minimum atomic E-state index is -0.317. The minimum absolute atomic E-state index is 0.139. The highest BCUT2D eigenvalue weighted by atomic mass is 35.5. The fraction of sp³-hybridized carbons (Fsp3) is 0.333. The summed E-state index contributed by atoms with van der Waals surface area (Å²) in [5.74, 6) is -0.317. The number of halogens is 1. The number of Topliss-reactive ketones (excluding diaryl/α,β-unsaturated/α-hetero) is 1. The van der Waals surface area contributed by atoms with Gasteiger partial charge in [-0.05, 0) is 0 Å². The van der Waals surface area contributed by atoms with Crippen LogP contribution < -0.4 is 5.32 Å². The Morgan fingerprint density at radius 2 is 2.20 bits per heavy atom. The van der Waals surface area contributed by atoms with Gasteiger partial charge >= 0.3 is 0 Å². The summed E-state index contributed by atoms with van der Waals surface area (Å²) in [4.78, 5) is 10.5. The van der Waals surface area contributed by atoms with Gasteiger partial charge in [0.05, 0.1) is 7.05 Å². The molecule has 0 bridgehead atoms. The summed E-state index contributed by atoms with van der Waals surface area (Å²) in [6, 6.07) is 0. The van der Waals surface area contributed by atoms with E-state index in [2.05, 4.69) is 0 Å². The van der Waals surface area contributed by atoms with E-state index in [4.69, 9.17) is 17.0 Å². The van der Waals surface area contributed by atoms with E-state index in [1.165, 1.54) is 13.1 Å². The van der Waals surface area contributed by atoms with Gasteiger partial charge in [-0.25, -0.2) is 0 Å². The molecule has 10 heavy (non-hydrogen) atoms. The van der Waals surface area contributed by atoms with Gasteiger partial charge < -0.3 is 5.32 Å².